The molecule has 0 unspecified atom stereocenters. The van der Waals surface area contributed by atoms with Gasteiger partial charge in [0.05, 0.1) is 54.4 Å². The van der Waals surface area contributed by atoms with Gasteiger partial charge in [-0.05, 0) is 41.9 Å². The van der Waals surface area contributed by atoms with Gasteiger partial charge in [0.1, 0.15) is 11.4 Å². The van der Waals surface area contributed by atoms with E-state index in [0.29, 0.717) is 47.5 Å². The van der Waals surface area contributed by atoms with Gasteiger partial charge in [-0.15, -0.1) is 0 Å². The van der Waals surface area contributed by atoms with Gasteiger partial charge in [0.25, 0.3) is 0 Å². The fourth-order valence-corrected chi connectivity index (χ4v) is 6.62. The minimum Gasteiger partial charge on any atom is -0.452 e. The number of hydrogen-bond donors (Lipinski definition) is 2. The normalized spacial score (nSPS) is 20.1. The van der Waals surface area contributed by atoms with Gasteiger partial charge in [-0.2, -0.15) is 13.2 Å². The maximum atomic E-state index is 15.0. The molecule has 6 heterocycles. The maximum absolute atomic E-state index is 15.0. The molecule has 2 saturated heterocycles. The molecular formula is C34H36F4N6O4. The zero-order valence-electron chi connectivity index (χ0n) is 26.6. The van der Waals surface area contributed by atoms with Crippen LogP contribution >= 0.6 is 0 Å². The van der Waals surface area contributed by atoms with E-state index in [1.54, 1.807) is 23.1 Å². The molecular weight excluding hydrogens is 632 g/mol. The van der Waals surface area contributed by atoms with Gasteiger partial charge < -0.3 is 29.4 Å². The molecule has 0 saturated carbocycles. The summed E-state index contributed by atoms with van der Waals surface area (Å²) in [6.07, 6.45) is -2.22. The molecule has 0 radical (unpaired) electrons. The minimum atomic E-state index is -4.55. The number of aliphatic hydroxyl groups is 1. The van der Waals surface area contributed by atoms with Gasteiger partial charge >= 0.3 is 6.18 Å². The first kappa shape index (κ1) is 32.4. The second kappa shape index (κ2) is 12.4. The SMILES string of the molecule is C[C@H]1CN(C(=O)Cc2ccc(CN3CCN(C)CC3)c(C(F)(F)F)c2)Cc2cc(Oc3c(F)cnc4[nH]c(C5(O)COC5)cc34)cnc21. The fourth-order valence-electron chi connectivity index (χ4n) is 6.62. The Hall–Kier alpha value is -4.11. The quantitative estimate of drug-likeness (QED) is 0.276. The lowest BCUT2D eigenvalue weighted by molar-refractivity contribution is -0.186. The Morgan fingerprint density at radius 3 is 2.60 bits per heavy atom. The van der Waals surface area contributed by atoms with Crippen molar-refractivity contribution in [3.8, 4) is 11.5 Å². The summed E-state index contributed by atoms with van der Waals surface area (Å²) < 4.78 is 68.6. The van der Waals surface area contributed by atoms with Gasteiger partial charge in [0.2, 0.25) is 5.91 Å². The van der Waals surface area contributed by atoms with Crippen LogP contribution in [0.2, 0.25) is 0 Å². The number of aromatic nitrogens is 3. The van der Waals surface area contributed by atoms with Crippen molar-refractivity contribution in [2.45, 2.75) is 44.1 Å². The van der Waals surface area contributed by atoms with Crippen LogP contribution in [-0.4, -0.2) is 93.7 Å². The van der Waals surface area contributed by atoms with E-state index < -0.39 is 23.2 Å². The number of aromatic amines is 1. The van der Waals surface area contributed by atoms with Crippen LogP contribution in [0.5, 0.6) is 11.5 Å². The Bertz CT molecular complexity index is 1850. The monoisotopic (exact) mass is 668 g/mol. The minimum absolute atomic E-state index is 0.0959. The lowest BCUT2D eigenvalue weighted by atomic mass is 9.95. The van der Waals surface area contributed by atoms with E-state index >= 15 is 4.39 Å². The van der Waals surface area contributed by atoms with Crippen LogP contribution in [0, 0.1) is 5.82 Å². The van der Waals surface area contributed by atoms with E-state index in [9.17, 15) is 23.1 Å². The summed E-state index contributed by atoms with van der Waals surface area (Å²) in [5, 5.41) is 11.0. The number of nitrogens with zero attached hydrogens (tertiary/aromatic N) is 5. The van der Waals surface area contributed by atoms with Crippen molar-refractivity contribution in [2.75, 3.05) is 53.0 Å². The highest BCUT2D eigenvalue weighted by molar-refractivity contribution is 5.84. The summed E-state index contributed by atoms with van der Waals surface area (Å²) in [6, 6.07) is 7.49. The molecule has 14 heteroatoms. The Kier molecular flexibility index (Phi) is 8.38. The number of carbonyl (C=O) groups excluding carboxylic acids is 1. The third-order valence-corrected chi connectivity index (χ3v) is 9.44. The maximum Gasteiger partial charge on any atom is 0.416 e. The van der Waals surface area contributed by atoms with E-state index in [2.05, 4.69) is 19.9 Å². The van der Waals surface area contributed by atoms with Crippen molar-refractivity contribution >= 4 is 16.9 Å². The number of piperazine rings is 1. The van der Waals surface area contributed by atoms with Gasteiger partial charge in [-0.3, -0.25) is 14.7 Å². The fraction of sp³-hybridized carbons (Fsp3) is 0.441. The number of amides is 1. The molecule has 0 bridgehead atoms. The van der Waals surface area contributed by atoms with Crippen molar-refractivity contribution in [1.82, 2.24) is 29.7 Å². The molecule has 1 atom stereocenters. The second-order valence-electron chi connectivity index (χ2n) is 13.1. The Balaban J connectivity index is 1.08. The van der Waals surface area contributed by atoms with Crippen LogP contribution in [-0.2, 0) is 40.8 Å². The number of benzene rings is 1. The third-order valence-electron chi connectivity index (χ3n) is 9.44. The molecule has 2 N–H and O–H groups in total. The zero-order valence-corrected chi connectivity index (χ0v) is 26.6. The molecule has 3 aliphatic heterocycles. The van der Waals surface area contributed by atoms with Crippen LogP contribution in [0.3, 0.4) is 0 Å². The smallest absolute Gasteiger partial charge is 0.416 e. The predicted octanol–water partition coefficient (Wildman–Crippen LogP) is 4.56. The molecule has 3 aliphatic rings. The lowest BCUT2D eigenvalue weighted by Gasteiger charge is -2.35. The number of carbonyl (C=O) groups is 1. The molecule has 3 aromatic heterocycles. The highest BCUT2D eigenvalue weighted by Crippen LogP contribution is 2.38. The average Bonchev–Trinajstić information content (AvgIpc) is 3.47. The molecule has 48 heavy (non-hydrogen) atoms. The molecule has 10 nitrogen and oxygen atoms in total. The van der Waals surface area contributed by atoms with Gasteiger partial charge in [-0.25, -0.2) is 9.37 Å². The average molecular weight is 669 g/mol. The van der Waals surface area contributed by atoms with Crippen molar-refractivity contribution in [2.24, 2.45) is 0 Å². The highest BCUT2D eigenvalue weighted by atomic mass is 19.4. The number of hydrogen-bond acceptors (Lipinski definition) is 8. The van der Waals surface area contributed by atoms with E-state index in [1.807, 2.05) is 18.9 Å². The first-order chi connectivity index (χ1) is 22.9. The summed E-state index contributed by atoms with van der Waals surface area (Å²) in [4.78, 5) is 30.9. The standard InChI is InChI=1S/C34H36F4N6O4/c1-20-15-44(29(45)10-21-3-4-22(26(9-21)34(36,37)38)16-43-7-5-42(2)6-8-43)17-23-11-24(13-39-30(20)23)48-31-25-12-28(33(46)18-47-19-33)41-32(25)40-14-27(31)35/h3-4,9,11-14,20,46H,5-8,10,15-19H2,1-2H3,(H,40,41)/t20-/m0/s1. The first-order valence-corrected chi connectivity index (χ1v) is 15.9. The molecule has 0 aliphatic carbocycles. The lowest BCUT2D eigenvalue weighted by Crippen LogP contribution is -2.46. The Labute approximate surface area is 274 Å². The molecule has 1 aromatic carbocycles. The number of nitrogens with one attached hydrogen (secondary N) is 1. The Morgan fingerprint density at radius 1 is 1.12 bits per heavy atom. The molecule has 254 valence electrons. The molecule has 0 spiro atoms. The van der Waals surface area contributed by atoms with Crippen molar-refractivity contribution < 1.29 is 36.9 Å². The molecule has 1 amide bonds. The highest BCUT2D eigenvalue weighted by Gasteiger charge is 2.40. The van der Waals surface area contributed by atoms with Gasteiger partial charge in [0.15, 0.2) is 17.2 Å². The van der Waals surface area contributed by atoms with Crippen molar-refractivity contribution in [3.63, 3.8) is 0 Å². The van der Waals surface area contributed by atoms with Gasteiger partial charge in [-0.1, -0.05) is 19.1 Å². The molecule has 2 fully saturated rings. The largest absolute Gasteiger partial charge is 0.452 e. The van der Waals surface area contributed by atoms with Crippen molar-refractivity contribution in [1.29, 1.82) is 0 Å². The van der Waals surface area contributed by atoms with Crippen molar-refractivity contribution in [3.05, 3.63) is 82.2 Å². The summed E-state index contributed by atoms with van der Waals surface area (Å²) in [5.74, 6) is -1.02. The van der Waals surface area contributed by atoms with Crippen LogP contribution in [0.15, 0.2) is 42.7 Å². The number of ether oxygens (including phenoxy) is 2. The topological polar surface area (TPSA) is 107 Å². The number of halogens is 4. The number of fused-ring (bicyclic) bond motifs is 2. The number of alkyl halides is 3. The molecule has 7 rings (SSSR count). The van der Waals surface area contributed by atoms with Crippen LogP contribution in [0.25, 0.3) is 11.0 Å². The summed E-state index contributed by atoms with van der Waals surface area (Å²) in [6.45, 7) is 5.84. The molecule has 4 aromatic rings. The third kappa shape index (κ3) is 6.37. The number of pyridine rings is 2. The first-order valence-electron chi connectivity index (χ1n) is 15.9. The van der Waals surface area contributed by atoms with Crippen LogP contribution in [0.1, 0.15) is 46.5 Å². The zero-order chi connectivity index (χ0) is 33.8. The van der Waals surface area contributed by atoms with E-state index in [1.165, 1.54) is 12.3 Å². The Morgan fingerprint density at radius 2 is 1.90 bits per heavy atom. The summed E-state index contributed by atoms with van der Waals surface area (Å²) >= 11 is 0. The van der Waals surface area contributed by atoms with E-state index in [0.717, 1.165) is 31.0 Å². The van der Waals surface area contributed by atoms with Crippen LogP contribution in [0.4, 0.5) is 17.6 Å². The second-order valence-corrected chi connectivity index (χ2v) is 13.1. The van der Waals surface area contributed by atoms with E-state index in [4.69, 9.17) is 9.47 Å². The van der Waals surface area contributed by atoms with Crippen LogP contribution < -0.4 is 4.74 Å². The summed E-state index contributed by atoms with van der Waals surface area (Å²) in [5.41, 5.74) is 0.796. The predicted molar refractivity (Wildman–Crippen MR) is 167 cm³/mol. The number of likely N-dealkylation sites (N-methyl/N-ethyl adjacent to an activating group) is 1. The van der Waals surface area contributed by atoms with Gasteiger partial charge in [0, 0.05) is 51.7 Å². The number of H-pyrrole nitrogens is 1. The summed E-state index contributed by atoms with van der Waals surface area (Å²) in [7, 11) is 1.99. The number of rotatable bonds is 7. The van der Waals surface area contributed by atoms with E-state index in [-0.39, 0.29) is 61.6 Å².